The maximum Gasteiger partial charge on any atom is 0.337 e. The van der Waals surface area contributed by atoms with Crippen LogP contribution in [0.25, 0.3) is 0 Å². The first-order chi connectivity index (χ1) is 10.5. The lowest BCUT2D eigenvalue weighted by molar-refractivity contribution is -0.331. The van der Waals surface area contributed by atoms with Crippen molar-refractivity contribution in [3.8, 4) is 0 Å². The van der Waals surface area contributed by atoms with Gasteiger partial charge in [-0.15, -0.1) is 0 Å². The highest BCUT2D eigenvalue weighted by Crippen LogP contribution is 2.24. The van der Waals surface area contributed by atoms with Crippen molar-refractivity contribution >= 4 is 12.3 Å². The van der Waals surface area contributed by atoms with Crippen LogP contribution in [0.5, 0.6) is 0 Å². The molecule has 0 aromatic carbocycles. The lowest BCUT2D eigenvalue weighted by Gasteiger charge is -2.40. The molecule has 1 aliphatic heterocycles. The molecule has 22 heavy (non-hydrogen) atoms. The molecule has 1 saturated heterocycles. The molecule has 0 saturated carbocycles. The number of hydrogen-bond acceptors (Lipinski definition) is 9. The molecule has 1 heterocycles. The van der Waals surface area contributed by atoms with Crippen LogP contribution in [0.2, 0.25) is 0 Å². The third-order valence-electron chi connectivity index (χ3n) is 3.16. The van der Waals surface area contributed by atoms with Crippen molar-refractivity contribution in [3.05, 3.63) is 0 Å². The summed E-state index contributed by atoms with van der Waals surface area (Å²) in [6, 6.07) is 0. The number of carbonyl (C=O) groups is 2. The van der Waals surface area contributed by atoms with Gasteiger partial charge in [0.05, 0.1) is 7.11 Å². The van der Waals surface area contributed by atoms with Gasteiger partial charge in [-0.05, 0) is 6.92 Å². The van der Waals surface area contributed by atoms with Gasteiger partial charge in [-0.3, -0.25) is 0 Å². The summed E-state index contributed by atoms with van der Waals surface area (Å²) in [5.41, 5.74) is 0. The van der Waals surface area contributed by atoms with Crippen LogP contribution >= 0.6 is 0 Å². The van der Waals surface area contributed by atoms with Crippen molar-refractivity contribution in [1.82, 2.24) is 0 Å². The highest BCUT2D eigenvalue weighted by atomic mass is 16.8. The molecule has 3 N–H and O–H groups in total. The second-order valence-corrected chi connectivity index (χ2v) is 4.69. The Hall–Kier alpha value is -1.10. The van der Waals surface area contributed by atoms with E-state index >= 15 is 0 Å². The highest BCUT2D eigenvalue weighted by molar-refractivity contribution is 5.75. The first-order valence-electron chi connectivity index (χ1n) is 6.94. The first kappa shape index (κ1) is 18.9. The number of aliphatic hydroxyl groups is 3. The van der Waals surface area contributed by atoms with E-state index in [0.717, 1.165) is 7.11 Å². The number of aldehydes is 1. The molecule has 6 atom stereocenters. The van der Waals surface area contributed by atoms with E-state index in [1.165, 1.54) is 0 Å². The zero-order chi connectivity index (χ0) is 16.7. The van der Waals surface area contributed by atoms with Crippen LogP contribution in [-0.4, -0.2) is 78.3 Å². The molecule has 0 bridgehead atoms. The zero-order valence-corrected chi connectivity index (χ0v) is 12.5. The van der Waals surface area contributed by atoms with E-state index < -0.39 is 43.0 Å². The van der Waals surface area contributed by atoms with Gasteiger partial charge in [-0.25, -0.2) is 4.79 Å². The fourth-order valence-corrected chi connectivity index (χ4v) is 2.00. The number of ether oxygens (including phenoxy) is 4. The van der Waals surface area contributed by atoms with Gasteiger partial charge in [0, 0.05) is 19.4 Å². The van der Waals surface area contributed by atoms with Crippen LogP contribution in [0, 0.1) is 0 Å². The Labute approximate surface area is 127 Å². The molecule has 0 unspecified atom stereocenters. The van der Waals surface area contributed by atoms with Crippen LogP contribution in [-0.2, 0) is 28.5 Å². The molecule has 0 amide bonds. The Bertz CT molecular complexity index is 361. The van der Waals surface area contributed by atoms with Gasteiger partial charge in [0.25, 0.3) is 0 Å². The summed E-state index contributed by atoms with van der Waals surface area (Å²) in [6.45, 7) is 2.00. The van der Waals surface area contributed by atoms with E-state index in [1.54, 1.807) is 6.92 Å². The second kappa shape index (κ2) is 9.13. The quantitative estimate of drug-likeness (QED) is 0.272. The van der Waals surface area contributed by atoms with E-state index in [4.69, 9.17) is 14.2 Å². The smallest absolute Gasteiger partial charge is 0.337 e. The second-order valence-electron chi connectivity index (χ2n) is 4.69. The van der Waals surface area contributed by atoms with Gasteiger partial charge in [0.2, 0.25) is 0 Å². The Balaban J connectivity index is 2.77. The molecule has 128 valence electrons. The maximum absolute atomic E-state index is 11.5. The van der Waals surface area contributed by atoms with E-state index in [0.29, 0.717) is 6.29 Å². The Morgan fingerprint density at radius 2 is 1.95 bits per heavy atom. The number of carbonyl (C=O) groups excluding carboxylic acids is 2. The third kappa shape index (κ3) is 4.70. The number of rotatable bonds is 8. The summed E-state index contributed by atoms with van der Waals surface area (Å²) in [5.74, 6) is -0.909. The van der Waals surface area contributed by atoms with Gasteiger partial charge in [-0.2, -0.15) is 0 Å². The Morgan fingerprint density at radius 1 is 1.27 bits per heavy atom. The summed E-state index contributed by atoms with van der Waals surface area (Å²) in [7, 11) is 1.10. The highest BCUT2D eigenvalue weighted by Gasteiger charge is 2.48. The van der Waals surface area contributed by atoms with E-state index in [9.17, 15) is 24.9 Å². The van der Waals surface area contributed by atoms with Gasteiger partial charge in [0.15, 0.2) is 18.7 Å². The van der Waals surface area contributed by atoms with Crippen molar-refractivity contribution in [2.24, 2.45) is 0 Å². The molecule has 0 aromatic heterocycles. The minimum absolute atomic E-state index is 0.166. The van der Waals surface area contributed by atoms with Crippen LogP contribution in [0.3, 0.4) is 0 Å². The number of aliphatic hydroxyl groups excluding tert-OH is 3. The number of methoxy groups -OCH3 is 1. The molecule has 1 aliphatic rings. The monoisotopic (exact) mass is 322 g/mol. The summed E-state index contributed by atoms with van der Waals surface area (Å²) in [6.07, 6.45) is -7.61. The summed E-state index contributed by atoms with van der Waals surface area (Å²) in [4.78, 5) is 21.9. The third-order valence-corrected chi connectivity index (χ3v) is 3.16. The van der Waals surface area contributed by atoms with E-state index in [2.05, 4.69) is 4.74 Å². The van der Waals surface area contributed by atoms with Crippen LogP contribution in [0.4, 0.5) is 0 Å². The molecule has 9 heteroatoms. The van der Waals surface area contributed by atoms with Crippen molar-refractivity contribution in [1.29, 1.82) is 0 Å². The summed E-state index contributed by atoms with van der Waals surface area (Å²) < 4.78 is 20.2. The normalized spacial score (nSPS) is 33.2. The summed E-state index contributed by atoms with van der Waals surface area (Å²) >= 11 is 0. The van der Waals surface area contributed by atoms with Crippen LogP contribution < -0.4 is 0 Å². The van der Waals surface area contributed by atoms with E-state index in [-0.39, 0.29) is 19.4 Å². The predicted octanol–water partition coefficient (Wildman–Crippen LogP) is -1.67. The molecule has 0 spiro atoms. The molecule has 0 radical (unpaired) electrons. The number of esters is 1. The molecular weight excluding hydrogens is 300 g/mol. The molecule has 0 aliphatic carbocycles. The SMILES string of the molecule is CCO[C@H](CCC=O)O[C@@H]1O[C@H](C(=O)OC)[C@@H](O)[C@H](O)[C@H]1O. The van der Waals surface area contributed by atoms with Crippen molar-refractivity contribution in [3.63, 3.8) is 0 Å². The fourth-order valence-electron chi connectivity index (χ4n) is 2.00. The standard InChI is InChI=1S/C13H22O9/c1-3-20-7(5-4-6-14)21-13-10(17)8(15)9(16)11(22-13)12(18)19-2/h6-11,13,15-17H,3-5H2,1-2H3/t7-,8-,9-,10+,11-,13+/m0/s1. The predicted molar refractivity (Wildman–Crippen MR) is 70.5 cm³/mol. The molecule has 0 aromatic rings. The van der Waals surface area contributed by atoms with Gasteiger partial charge in [-0.1, -0.05) is 0 Å². The molecule has 9 nitrogen and oxygen atoms in total. The number of hydrogen-bond donors (Lipinski definition) is 3. The fraction of sp³-hybridized carbons (Fsp3) is 0.846. The van der Waals surface area contributed by atoms with Crippen molar-refractivity contribution in [2.45, 2.75) is 56.8 Å². The minimum atomic E-state index is -1.66. The average Bonchev–Trinajstić information content (AvgIpc) is 2.52. The van der Waals surface area contributed by atoms with Crippen LogP contribution in [0.1, 0.15) is 19.8 Å². The minimum Gasteiger partial charge on any atom is -0.467 e. The molecule has 1 rings (SSSR count). The summed E-state index contributed by atoms with van der Waals surface area (Å²) in [5, 5.41) is 29.4. The first-order valence-corrected chi connectivity index (χ1v) is 6.94. The lowest BCUT2D eigenvalue weighted by Crippen LogP contribution is -2.61. The largest absolute Gasteiger partial charge is 0.467 e. The van der Waals surface area contributed by atoms with Crippen molar-refractivity contribution < 1.29 is 43.9 Å². The Morgan fingerprint density at radius 3 is 2.50 bits per heavy atom. The average molecular weight is 322 g/mol. The lowest BCUT2D eigenvalue weighted by atomic mass is 9.99. The van der Waals surface area contributed by atoms with Crippen molar-refractivity contribution in [2.75, 3.05) is 13.7 Å². The zero-order valence-electron chi connectivity index (χ0n) is 12.5. The van der Waals surface area contributed by atoms with Crippen LogP contribution in [0.15, 0.2) is 0 Å². The van der Waals surface area contributed by atoms with Gasteiger partial charge in [0.1, 0.15) is 24.6 Å². The van der Waals surface area contributed by atoms with Gasteiger partial charge < -0.3 is 39.1 Å². The maximum atomic E-state index is 11.5. The molecular formula is C13H22O9. The Kier molecular flexibility index (Phi) is 7.87. The van der Waals surface area contributed by atoms with E-state index in [1.807, 2.05) is 0 Å². The molecule has 1 fully saturated rings. The topological polar surface area (TPSA) is 132 Å². The van der Waals surface area contributed by atoms with Gasteiger partial charge >= 0.3 is 5.97 Å².